The molecule has 0 aliphatic heterocycles. The van der Waals surface area contributed by atoms with Crippen LogP contribution in [0.1, 0.15) is 10.4 Å². The second kappa shape index (κ2) is 5.58. The number of carbonyl (C=O) groups is 1. The van der Waals surface area contributed by atoms with Crippen LogP contribution in [-0.4, -0.2) is 18.0 Å². The Morgan fingerprint density at radius 3 is 2.89 bits per heavy atom. The summed E-state index contributed by atoms with van der Waals surface area (Å²) in [6.07, 6.45) is 3.17. The van der Waals surface area contributed by atoms with Crippen molar-refractivity contribution in [1.29, 1.82) is 0 Å². The number of nitrogen functional groups attached to an aromatic ring is 1. The van der Waals surface area contributed by atoms with Crippen LogP contribution in [0.2, 0.25) is 5.02 Å². The number of anilines is 2. The summed E-state index contributed by atoms with van der Waals surface area (Å²) in [7, 11) is 1.46. The third-order valence-corrected chi connectivity index (χ3v) is 2.81. The normalized spacial score (nSPS) is 10.0. The summed E-state index contributed by atoms with van der Waals surface area (Å²) in [5.41, 5.74) is 6.92. The molecule has 1 aromatic carbocycles. The van der Waals surface area contributed by atoms with E-state index in [4.69, 9.17) is 22.1 Å². The summed E-state index contributed by atoms with van der Waals surface area (Å²) in [4.78, 5) is 16.1. The molecule has 0 fully saturated rings. The fourth-order valence-corrected chi connectivity index (χ4v) is 1.71. The van der Waals surface area contributed by atoms with Crippen molar-refractivity contribution in [2.24, 2.45) is 0 Å². The molecule has 3 N–H and O–H groups in total. The fourth-order valence-electron chi connectivity index (χ4n) is 1.55. The molecule has 0 aliphatic rings. The van der Waals surface area contributed by atoms with Crippen molar-refractivity contribution >= 4 is 28.9 Å². The van der Waals surface area contributed by atoms with Crippen LogP contribution >= 0.6 is 11.6 Å². The Balaban J connectivity index is 2.31. The molecule has 2 aromatic rings. The first-order valence-corrected chi connectivity index (χ1v) is 5.84. The molecule has 0 atom stereocenters. The van der Waals surface area contributed by atoms with Gasteiger partial charge in [-0.2, -0.15) is 0 Å². The van der Waals surface area contributed by atoms with Crippen molar-refractivity contribution in [3.63, 3.8) is 0 Å². The molecule has 0 aliphatic carbocycles. The fraction of sp³-hybridized carbons (Fsp3) is 0.0769. The summed E-state index contributed by atoms with van der Waals surface area (Å²) in [5, 5.41) is 3.00. The molecule has 98 valence electrons. The molecule has 0 saturated heterocycles. The van der Waals surface area contributed by atoms with E-state index in [1.165, 1.54) is 19.2 Å². The van der Waals surface area contributed by atoms with Crippen molar-refractivity contribution in [3.05, 3.63) is 47.2 Å². The Kier molecular flexibility index (Phi) is 3.87. The van der Waals surface area contributed by atoms with Crippen LogP contribution in [0.25, 0.3) is 0 Å². The van der Waals surface area contributed by atoms with Crippen molar-refractivity contribution in [2.45, 2.75) is 0 Å². The number of aromatic nitrogens is 1. The van der Waals surface area contributed by atoms with Gasteiger partial charge in [0.05, 0.1) is 35.3 Å². The zero-order chi connectivity index (χ0) is 13.8. The minimum atomic E-state index is -0.341. The summed E-state index contributed by atoms with van der Waals surface area (Å²) >= 11 is 5.92. The standard InChI is InChI=1S/C13H12ClN3O2/c1-19-12-6-11(15)10(14)5-9(12)13(18)17-8-3-2-4-16-7-8/h2-7H,15H2,1H3,(H,17,18). The molecule has 0 bridgehead atoms. The van der Waals surface area contributed by atoms with Crippen LogP contribution < -0.4 is 15.8 Å². The highest BCUT2D eigenvalue weighted by Gasteiger charge is 2.15. The number of hydrogen-bond donors (Lipinski definition) is 2. The zero-order valence-electron chi connectivity index (χ0n) is 10.2. The molecule has 2 rings (SSSR count). The van der Waals surface area contributed by atoms with Gasteiger partial charge in [-0.3, -0.25) is 9.78 Å². The Hall–Kier alpha value is -2.27. The molecular formula is C13H12ClN3O2. The number of ether oxygens (including phenoxy) is 1. The smallest absolute Gasteiger partial charge is 0.259 e. The second-order valence-corrected chi connectivity index (χ2v) is 4.18. The third kappa shape index (κ3) is 2.95. The van der Waals surface area contributed by atoms with Crippen molar-refractivity contribution in [2.75, 3.05) is 18.2 Å². The van der Waals surface area contributed by atoms with Gasteiger partial charge >= 0.3 is 0 Å². The number of nitrogens with two attached hydrogens (primary N) is 1. The molecular weight excluding hydrogens is 266 g/mol. The number of pyridine rings is 1. The summed E-state index contributed by atoms with van der Waals surface area (Å²) < 4.78 is 5.12. The van der Waals surface area contributed by atoms with E-state index >= 15 is 0 Å². The SMILES string of the molecule is COc1cc(N)c(Cl)cc1C(=O)Nc1cccnc1. The average Bonchev–Trinajstić information content (AvgIpc) is 2.42. The number of benzene rings is 1. The van der Waals surface area contributed by atoms with E-state index in [0.29, 0.717) is 27.7 Å². The first-order valence-electron chi connectivity index (χ1n) is 5.46. The lowest BCUT2D eigenvalue weighted by molar-refractivity contribution is 0.102. The van der Waals surface area contributed by atoms with Gasteiger partial charge in [0.15, 0.2) is 0 Å². The van der Waals surface area contributed by atoms with Gasteiger partial charge in [0.25, 0.3) is 5.91 Å². The van der Waals surface area contributed by atoms with E-state index in [2.05, 4.69) is 10.3 Å². The summed E-state index contributed by atoms with van der Waals surface area (Å²) in [6, 6.07) is 6.45. The first kappa shape index (κ1) is 13.2. The van der Waals surface area contributed by atoms with Gasteiger partial charge in [-0.1, -0.05) is 11.6 Å². The molecule has 0 spiro atoms. The van der Waals surface area contributed by atoms with Gasteiger partial charge in [0, 0.05) is 12.3 Å². The number of rotatable bonds is 3. The predicted octanol–water partition coefficient (Wildman–Crippen LogP) is 2.58. The highest BCUT2D eigenvalue weighted by Crippen LogP contribution is 2.29. The summed E-state index contributed by atoms with van der Waals surface area (Å²) in [5.74, 6) is 0.0232. The number of carbonyl (C=O) groups excluding carboxylic acids is 1. The maximum absolute atomic E-state index is 12.1. The lowest BCUT2D eigenvalue weighted by Crippen LogP contribution is -2.13. The molecule has 0 unspecified atom stereocenters. The van der Waals surface area contributed by atoms with E-state index in [-0.39, 0.29) is 5.91 Å². The van der Waals surface area contributed by atoms with Crippen molar-refractivity contribution < 1.29 is 9.53 Å². The third-order valence-electron chi connectivity index (χ3n) is 2.48. The first-order chi connectivity index (χ1) is 9.11. The van der Waals surface area contributed by atoms with Gasteiger partial charge in [-0.05, 0) is 18.2 Å². The predicted molar refractivity (Wildman–Crippen MR) is 74.6 cm³/mol. The molecule has 6 heteroatoms. The number of nitrogens with one attached hydrogen (secondary N) is 1. The average molecular weight is 278 g/mol. The van der Waals surface area contributed by atoms with E-state index in [1.807, 2.05) is 0 Å². The molecule has 1 heterocycles. The summed E-state index contributed by atoms with van der Waals surface area (Å²) in [6.45, 7) is 0. The van der Waals surface area contributed by atoms with Crippen molar-refractivity contribution in [3.8, 4) is 5.75 Å². The van der Waals surface area contributed by atoms with Crippen LogP contribution in [-0.2, 0) is 0 Å². The lowest BCUT2D eigenvalue weighted by Gasteiger charge is -2.11. The molecule has 19 heavy (non-hydrogen) atoms. The number of halogens is 1. The maximum atomic E-state index is 12.1. The molecule has 0 saturated carbocycles. The Labute approximate surface area is 115 Å². The Morgan fingerprint density at radius 2 is 2.26 bits per heavy atom. The molecule has 5 nitrogen and oxygen atoms in total. The van der Waals surface area contributed by atoms with Gasteiger partial charge in [-0.15, -0.1) is 0 Å². The zero-order valence-corrected chi connectivity index (χ0v) is 10.9. The van der Waals surface area contributed by atoms with Gasteiger partial charge < -0.3 is 15.8 Å². The number of methoxy groups -OCH3 is 1. The number of amides is 1. The highest BCUT2D eigenvalue weighted by molar-refractivity contribution is 6.33. The molecule has 0 radical (unpaired) electrons. The van der Waals surface area contributed by atoms with Gasteiger partial charge in [0.1, 0.15) is 5.75 Å². The quantitative estimate of drug-likeness (QED) is 0.846. The van der Waals surface area contributed by atoms with Gasteiger partial charge in [-0.25, -0.2) is 0 Å². The highest BCUT2D eigenvalue weighted by atomic mass is 35.5. The van der Waals surface area contributed by atoms with Crippen LogP contribution in [0.5, 0.6) is 5.75 Å². The monoisotopic (exact) mass is 277 g/mol. The second-order valence-electron chi connectivity index (χ2n) is 3.77. The molecule has 1 aromatic heterocycles. The Bertz CT molecular complexity index is 602. The van der Waals surface area contributed by atoms with Crippen LogP contribution in [0.3, 0.4) is 0 Å². The minimum Gasteiger partial charge on any atom is -0.496 e. The largest absolute Gasteiger partial charge is 0.496 e. The van der Waals surface area contributed by atoms with Crippen LogP contribution in [0.4, 0.5) is 11.4 Å². The van der Waals surface area contributed by atoms with Gasteiger partial charge in [0.2, 0.25) is 0 Å². The maximum Gasteiger partial charge on any atom is 0.259 e. The van der Waals surface area contributed by atoms with Crippen LogP contribution in [0.15, 0.2) is 36.7 Å². The topological polar surface area (TPSA) is 77.2 Å². The van der Waals surface area contributed by atoms with E-state index < -0.39 is 0 Å². The number of hydrogen-bond acceptors (Lipinski definition) is 4. The number of nitrogens with zero attached hydrogens (tertiary/aromatic N) is 1. The van der Waals surface area contributed by atoms with Crippen molar-refractivity contribution in [1.82, 2.24) is 4.98 Å². The lowest BCUT2D eigenvalue weighted by atomic mass is 10.1. The molecule has 1 amide bonds. The van der Waals surface area contributed by atoms with E-state index in [0.717, 1.165) is 0 Å². The van der Waals surface area contributed by atoms with E-state index in [1.54, 1.807) is 24.5 Å². The van der Waals surface area contributed by atoms with Crippen LogP contribution in [0, 0.1) is 0 Å². The Morgan fingerprint density at radius 1 is 1.47 bits per heavy atom. The van der Waals surface area contributed by atoms with E-state index in [9.17, 15) is 4.79 Å². The minimum absolute atomic E-state index is 0.303.